The number of aromatic nitrogens is 2. The molecule has 1 fully saturated rings. The van der Waals surface area contributed by atoms with E-state index in [9.17, 15) is 4.79 Å². The highest BCUT2D eigenvalue weighted by atomic mass is 35.5. The van der Waals surface area contributed by atoms with Crippen LogP contribution in [0.15, 0.2) is 24.3 Å². The Bertz CT molecular complexity index is 754. The summed E-state index contributed by atoms with van der Waals surface area (Å²) in [6.07, 6.45) is 1.45. The van der Waals surface area contributed by atoms with E-state index in [-0.39, 0.29) is 11.9 Å². The number of halogens is 1. The lowest BCUT2D eigenvalue weighted by Crippen LogP contribution is -2.50. The lowest BCUT2D eigenvalue weighted by Gasteiger charge is -2.30. The van der Waals surface area contributed by atoms with Gasteiger partial charge in [-0.3, -0.25) is 4.79 Å². The van der Waals surface area contributed by atoms with Crippen molar-refractivity contribution in [3.63, 3.8) is 0 Å². The van der Waals surface area contributed by atoms with Crippen molar-refractivity contribution in [3.05, 3.63) is 46.2 Å². The molecule has 2 aromatic rings. The lowest BCUT2D eigenvalue weighted by atomic mass is 9.94. The number of benzene rings is 1. The number of aryl methyl sites for hydroxylation is 1. The summed E-state index contributed by atoms with van der Waals surface area (Å²) in [5, 5.41) is 11.8. The van der Waals surface area contributed by atoms with Crippen LogP contribution in [0.2, 0.25) is 5.02 Å². The smallest absolute Gasteiger partial charge is 0.224 e. The maximum Gasteiger partial charge on any atom is 0.224 e. The number of hydrogen-bond donors (Lipinski definition) is 2. The molecule has 1 saturated heterocycles. The first-order chi connectivity index (χ1) is 12.0. The Morgan fingerprint density at radius 2 is 2.08 bits per heavy atom. The number of hydrogen-bond acceptors (Lipinski definition) is 3. The number of amides is 1. The first kappa shape index (κ1) is 18.0. The molecule has 2 N–H and O–H groups in total. The first-order valence-electron chi connectivity index (χ1n) is 8.77. The summed E-state index contributed by atoms with van der Waals surface area (Å²) < 4.78 is 1.87. The fourth-order valence-corrected chi connectivity index (χ4v) is 3.49. The number of piperidine rings is 1. The Hall–Kier alpha value is -1.85. The van der Waals surface area contributed by atoms with Crippen LogP contribution in [0.5, 0.6) is 0 Å². The van der Waals surface area contributed by atoms with Crippen LogP contribution in [0.4, 0.5) is 0 Å². The van der Waals surface area contributed by atoms with Crippen LogP contribution >= 0.6 is 11.6 Å². The molecule has 2 atom stereocenters. The summed E-state index contributed by atoms with van der Waals surface area (Å²) in [6.45, 7) is 8.02. The minimum absolute atomic E-state index is 0.0578. The van der Waals surface area contributed by atoms with Gasteiger partial charge in [0.2, 0.25) is 5.91 Å². The molecule has 0 spiro atoms. The second-order valence-electron chi connectivity index (χ2n) is 6.86. The number of nitrogens with one attached hydrogen (secondary N) is 2. The van der Waals surface area contributed by atoms with Crippen molar-refractivity contribution in [1.29, 1.82) is 0 Å². The average Bonchev–Trinajstić information content (AvgIpc) is 2.86. The molecule has 1 aliphatic heterocycles. The zero-order valence-electron chi connectivity index (χ0n) is 15.0. The fraction of sp³-hybridized carbons (Fsp3) is 0.474. The Kier molecular flexibility index (Phi) is 5.45. The van der Waals surface area contributed by atoms with E-state index < -0.39 is 0 Å². The third-order valence-electron chi connectivity index (χ3n) is 5.02. The second-order valence-corrected chi connectivity index (χ2v) is 7.29. The zero-order chi connectivity index (χ0) is 18.0. The Morgan fingerprint density at radius 3 is 2.76 bits per heavy atom. The van der Waals surface area contributed by atoms with E-state index in [1.807, 2.05) is 42.8 Å². The van der Waals surface area contributed by atoms with E-state index in [1.165, 1.54) is 0 Å². The molecule has 2 unspecified atom stereocenters. The van der Waals surface area contributed by atoms with Gasteiger partial charge in [-0.25, -0.2) is 4.68 Å². The molecule has 5 nitrogen and oxygen atoms in total. The highest BCUT2D eigenvalue weighted by Crippen LogP contribution is 2.20. The van der Waals surface area contributed by atoms with Crippen LogP contribution in [0.25, 0.3) is 5.69 Å². The topological polar surface area (TPSA) is 59.0 Å². The van der Waals surface area contributed by atoms with Crippen LogP contribution in [0.3, 0.4) is 0 Å². The van der Waals surface area contributed by atoms with Crippen LogP contribution in [-0.4, -0.2) is 34.8 Å². The predicted molar refractivity (Wildman–Crippen MR) is 100 cm³/mol. The molecule has 0 radical (unpaired) electrons. The molecule has 2 heterocycles. The van der Waals surface area contributed by atoms with Gasteiger partial charge in [0.1, 0.15) is 0 Å². The third-order valence-corrected chi connectivity index (χ3v) is 5.28. The minimum atomic E-state index is 0.0578. The Morgan fingerprint density at radius 1 is 1.36 bits per heavy atom. The van der Waals surface area contributed by atoms with E-state index in [4.69, 9.17) is 11.6 Å². The zero-order valence-corrected chi connectivity index (χ0v) is 15.7. The monoisotopic (exact) mass is 360 g/mol. The van der Waals surface area contributed by atoms with Crippen molar-refractivity contribution in [2.45, 2.75) is 39.7 Å². The molecular weight excluding hydrogens is 336 g/mol. The van der Waals surface area contributed by atoms with Crippen molar-refractivity contribution in [1.82, 2.24) is 20.4 Å². The number of carbonyl (C=O) groups is 1. The standard InChI is InChI=1S/C19H25ClN4O/c1-12-8-9-21-11-18(12)22-19(25)10-17-13(2)23-24(14(17)3)16-6-4-15(20)5-7-16/h4-7,12,18,21H,8-11H2,1-3H3,(H,22,25). The normalized spacial score (nSPS) is 20.5. The molecule has 1 aromatic heterocycles. The summed E-state index contributed by atoms with van der Waals surface area (Å²) in [5.41, 5.74) is 3.81. The van der Waals surface area contributed by atoms with Gasteiger partial charge in [0.15, 0.2) is 0 Å². The molecule has 25 heavy (non-hydrogen) atoms. The van der Waals surface area contributed by atoms with Gasteiger partial charge in [-0.05, 0) is 57.0 Å². The molecular formula is C19H25ClN4O. The third kappa shape index (κ3) is 4.05. The SMILES string of the molecule is Cc1nn(-c2ccc(Cl)cc2)c(C)c1CC(=O)NC1CNCCC1C. The molecule has 0 saturated carbocycles. The van der Waals surface area contributed by atoms with E-state index >= 15 is 0 Å². The van der Waals surface area contributed by atoms with Gasteiger partial charge in [0, 0.05) is 28.9 Å². The van der Waals surface area contributed by atoms with Gasteiger partial charge in [-0.15, -0.1) is 0 Å². The van der Waals surface area contributed by atoms with E-state index in [0.29, 0.717) is 17.4 Å². The van der Waals surface area contributed by atoms with Crippen LogP contribution in [-0.2, 0) is 11.2 Å². The molecule has 3 rings (SSSR count). The highest BCUT2D eigenvalue weighted by molar-refractivity contribution is 6.30. The largest absolute Gasteiger partial charge is 0.352 e. The van der Waals surface area contributed by atoms with Crippen LogP contribution in [0, 0.1) is 19.8 Å². The molecule has 1 amide bonds. The first-order valence-corrected chi connectivity index (χ1v) is 9.14. The summed E-state index contributed by atoms with van der Waals surface area (Å²) in [6, 6.07) is 7.75. The quantitative estimate of drug-likeness (QED) is 0.881. The van der Waals surface area contributed by atoms with Crippen molar-refractivity contribution in [2.75, 3.05) is 13.1 Å². The van der Waals surface area contributed by atoms with Gasteiger partial charge < -0.3 is 10.6 Å². The summed E-state index contributed by atoms with van der Waals surface area (Å²) in [7, 11) is 0. The number of carbonyl (C=O) groups excluding carboxylic acids is 1. The maximum atomic E-state index is 12.5. The Balaban J connectivity index is 1.74. The lowest BCUT2D eigenvalue weighted by molar-refractivity contribution is -0.121. The van der Waals surface area contributed by atoms with Gasteiger partial charge in [0.05, 0.1) is 17.8 Å². The van der Waals surface area contributed by atoms with Gasteiger partial charge in [0.25, 0.3) is 0 Å². The minimum Gasteiger partial charge on any atom is -0.352 e. The maximum absolute atomic E-state index is 12.5. The highest BCUT2D eigenvalue weighted by Gasteiger charge is 2.24. The van der Waals surface area contributed by atoms with Crippen molar-refractivity contribution in [2.24, 2.45) is 5.92 Å². The molecule has 1 aliphatic rings. The summed E-state index contributed by atoms with van der Waals surface area (Å²) in [4.78, 5) is 12.5. The van der Waals surface area contributed by atoms with Gasteiger partial charge in [-0.2, -0.15) is 5.10 Å². The number of rotatable bonds is 4. The average molecular weight is 361 g/mol. The molecule has 0 aliphatic carbocycles. The van der Waals surface area contributed by atoms with Crippen molar-refractivity contribution >= 4 is 17.5 Å². The van der Waals surface area contributed by atoms with Crippen molar-refractivity contribution < 1.29 is 4.79 Å². The Labute approximate surface area is 153 Å². The summed E-state index contributed by atoms with van der Waals surface area (Å²) >= 11 is 5.96. The molecule has 0 bridgehead atoms. The van der Waals surface area contributed by atoms with Crippen LogP contribution in [0.1, 0.15) is 30.3 Å². The van der Waals surface area contributed by atoms with Gasteiger partial charge >= 0.3 is 0 Å². The van der Waals surface area contributed by atoms with E-state index in [2.05, 4.69) is 22.7 Å². The second kappa shape index (κ2) is 7.58. The predicted octanol–water partition coefficient (Wildman–Crippen LogP) is 2.80. The van der Waals surface area contributed by atoms with Gasteiger partial charge in [-0.1, -0.05) is 18.5 Å². The molecule has 1 aromatic carbocycles. The molecule has 134 valence electrons. The fourth-order valence-electron chi connectivity index (χ4n) is 3.37. The van der Waals surface area contributed by atoms with Crippen LogP contribution < -0.4 is 10.6 Å². The summed E-state index contributed by atoms with van der Waals surface area (Å²) in [5.74, 6) is 0.562. The van der Waals surface area contributed by atoms with E-state index in [1.54, 1.807) is 0 Å². The van der Waals surface area contributed by atoms with Crippen molar-refractivity contribution in [3.8, 4) is 5.69 Å². The van der Waals surface area contributed by atoms with E-state index in [0.717, 1.165) is 42.1 Å². The molecule has 6 heteroatoms. The number of nitrogens with zero attached hydrogens (tertiary/aromatic N) is 2.